The largest absolute Gasteiger partial charge is 0.507 e. The van der Waals surface area contributed by atoms with E-state index in [9.17, 15) is 14.7 Å². The second kappa shape index (κ2) is 6.05. The van der Waals surface area contributed by atoms with Gasteiger partial charge in [0.05, 0.1) is 12.7 Å². The van der Waals surface area contributed by atoms with Crippen molar-refractivity contribution in [2.45, 2.75) is 26.2 Å². The summed E-state index contributed by atoms with van der Waals surface area (Å²) in [6, 6.07) is 2.60. The Morgan fingerprint density at radius 1 is 1.33 bits per heavy atom. The van der Waals surface area contributed by atoms with Crippen LogP contribution >= 0.6 is 0 Å². The van der Waals surface area contributed by atoms with E-state index in [4.69, 9.17) is 5.11 Å². The molecule has 18 heavy (non-hydrogen) atoms. The molecule has 0 fully saturated rings. The molecule has 1 aromatic carbocycles. The highest BCUT2D eigenvalue weighted by atomic mass is 16.5. The molecule has 5 nitrogen and oxygen atoms in total. The van der Waals surface area contributed by atoms with Gasteiger partial charge in [0, 0.05) is 0 Å². The zero-order valence-corrected chi connectivity index (χ0v) is 10.4. The first-order valence-electron chi connectivity index (χ1n) is 5.68. The van der Waals surface area contributed by atoms with Crippen molar-refractivity contribution in [2.75, 3.05) is 7.11 Å². The lowest BCUT2D eigenvalue weighted by atomic mass is 10.00. The molecule has 0 aliphatic heterocycles. The Morgan fingerprint density at radius 3 is 2.50 bits per heavy atom. The van der Waals surface area contributed by atoms with Gasteiger partial charge in [-0.05, 0) is 30.5 Å². The quantitative estimate of drug-likeness (QED) is 0.785. The minimum atomic E-state index is -1.27. The lowest BCUT2D eigenvalue weighted by Gasteiger charge is -2.09. The summed E-state index contributed by atoms with van der Waals surface area (Å²) in [7, 11) is 1.22. The van der Waals surface area contributed by atoms with Gasteiger partial charge in [-0.3, -0.25) is 0 Å². The number of carbonyl (C=O) groups excluding carboxylic acids is 1. The van der Waals surface area contributed by atoms with Crippen LogP contribution in [-0.4, -0.2) is 29.3 Å². The Bertz CT molecular complexity index is 465. The number of ether oxygens (including phenoxy) is 1. The van der Waals surface area contributed by atoms with E-state index in [-0.39, 0.29) is 16.9 Å². The van der Waals surface area contributed by atoms with Gasteiger partial charge in [0.2, 0.25) is 0 Å². The number of aryl methyl sites for hydroxylation is 1. The zero-order chi connectivity index (χ0) is 13.7. The van der Waals surface area contributed by atoms with Crippen LogP contribution in [0.2, 0.25) is 0 Å². The topological polar surface area (TPSA) is 83.8 Å². The molecule has 0 unspecified atom stereocenters. The molecular formula is C13H16O5. The predicted octanol–water partition coefficient (Wildman–Crippen LogP) is 2.22. The standard InChI is InChI=1S/C13H16O5/c1-3-4-5-8-6-9(13(17)18-2)7-10(11(8)14)12(15)16/h6-7,14H,3-5H2,1-2H3,(H,15,16). The van der Waals surface area contributed by atoms with Crippen LogP contribution in [-0.2, 0) is 11.2 Å². The Hall–Kier alpha value is -2.04. The minimum absolute atomic E-state index is 0.138. The summed E-state index contributed by atoms with van der Waals surface area (Å²) >= 11 is 0. The number of phenols is 1. The van der Waals surface area contributed by atoms with Crippen molar-refractivity contribution in [1.29, 1.82) is 0 Å². The van der Waals surface area contributed by atoms with Crippen LogP contribution in [0.3, 0.4) is 0 Å². The highest BCUT2D eigenvalue weighted by Crippen LogP contribution is 2.26. The number of aromatic carboxylic acids is 1. The van der Waals surface area contributed by atoms with E-state index in [0.717, 1.165) is 18.9 Å². The molecule has 98 valence electrons. The minimum Gasteiger partial charge on any atom is -0.507 e. The average Bonchev–Trinajstić information content (AvgIpc) is 2.36. The molecule has 0 spiro atoms. The summed E-state index contributed by atoms with van der Waals surface area (Å²) in [6.07, 6.45) is 2.23. The number of hydrogen-bond acceptors (Lipinski definition) is 4. The van der Waals surface area contributed by atoms with Crippen LogP contribution in [0.1, 0.15) is 46.0 Å². The normalized spacial score (nSPS) is 10.1. The third-order valence-electron chi connectivity index (χ3n) is 2.64. The second-order valence-corrected chi connectivity index (χ2v) is 3.93. The Balaban J connectivity index is 3.27. The molecule has 1 aromatic rings. The number of hydrogen-bond donors (Lipinski definition) is 2. The summed E-state index contributed by atoms with van der Waals surface area (Å²) in [5.41, 5.74) is 0.319. The maximum Gasteiger partial charge on any atom is 0.339 e. The number of esters is 1. The van der Waals surface area contributed by atoms with Crippen molar-refractivity contribution in [3.63, 3.8) is 0 Å². The number of carboxylic acid groups (broad SMARTS) is 1. The Morgan fingerprint density at radius 2 is 2.00 bits per heavy atom. The van der Waals surface area contributed by atoms with Crippen molar-refractivity contribution >= 4 is 11.9 Å². The lowest BCUT2D eigenvalue weighted by Crippen LogP contribution is -2.07. The van der Waals surface area contributed by atoms with E-state index in [0.29, 0.717) is 12.0 Å². The fraction of sp³-hybridized carbons (Fsp3) is 0.385. The zero-order valence-electron chi connectivity index (χ0n) is 10.4. The van der Waals surface area contributed by atoms with Crippen molar-refractivity contribution in [3.8, 4) is 5.75 Å². The molecule has 0 amide bonds. The second-order valence-electron chi connectivity index (χ2n) is 3.93. The number of methoxy groups -OCH3 is 1. The van der Waals surface area contributed by atoms with Gasteiger partial charge in [0.25, 0.3) is 0 Å². The smallest absolute Gasteiger partial charge is 0.339 e. The first kappa shape index (κ1) is 14.0. The number of rotatable bonds is 5. The molecule has 0 aliphatic carbocycles. The lowest BCUT2D eigenvalue weighted by molar-refractivity contribution is 0.0600. The third-order valence-corrected chi connectivity index (χ3v) is 2.64. The summed E-state index contributed by atoms with van der Waals surface area (Å²) in [4.78, 5) is 22.4. The van der Waals surface area contributed by atoms with Crippen molar-refractivity contribution < 1.29 is 24.5 Å². The first-order chi connectivity index (χ1) is 8.51. The van der Waals surface area contributed by atoms with Gasteiger partial charge in [0.15, 0.2) is 0 Å². The van der Waals surface area contributed by atoms with Gasteiger partial charge < -0.3 is 14.9 Å². The number of aromatic hydroxyl groups is 1. The Labute approximate surface area is 105 Å². The molecule has 5 heteroatoms. The van der Waals surface area contributed by atoms with E-state index < -0.39 is 11.9 Å². The van der Waals surface area contributed by atoms with Crippen molar-refractivity contribution in [1.82, 2.24) is 0 Å². The summed E-state index contributed by atoms with van der Waals surface area (Å²) in [6.45, 7) is 1.99. The SMILES string of the molecule is CCCCc1cc(C(=O)OC)cc(C(=O)O)c1O. The molecule has 0 saturated heterocycles. The maximum absolute atomic E-state index is 11.4. The summed E-state index contributed by atoms with van der Waals surface area (Å²) < 4.78 is 4.56. The molecule has 1 rings (SSSR count). The van der Waals surface area contributed by atoms with Crippen molar-refractivity contribution in [2.24, 2.45) is 0 Å². The fourth-order valence-corrected chi connectivity index (χ4v) is 1.65. The maximum atomic E-state index is 11.4. The van der Waals surface area contributed by atoms with Gasteiger partial charge in [0.1, 0.15) is 11.3 Å². The number of carbonyl (C=O) groups is 2. The van der Waals surface area contributed by atoms with Crippen LogP contribution in [0.4, 0.5) is 0 Å². The number of carboxylic acids is 1. The highest BCUT2D eigenvalue weighted by Gasteiger charge is 2.18. The molecule has 0 aromatic heterocycles. The van der Waals surface area contributed by atoms with Crippen LogP contribution < -0.4 is 0 Å². The van der Waals surface area contributed by atoms with Crippen molar-refractivity contribution in [3.05, 3.63) is 28.8 Å². The molecule has 0 heterocycles. The van der Waals surface area contributed by atoms with Crippen LogP contribution in [0, 0.1) is 0 Å². The monoisotopic (exact) mass is 252 g/mol. The molecule has 0 bridgehead atoms. The van der Waals surface area contributed by atoms with Gasteiger partial charge >= 0.3 is 11.9 Å². The summed E-state index contributed by atoms with van der Waals surface area (Å²) in [5.74, 6) is -2.16. The molecule has 0 atom stereocenters. The van der Waals surface area contributed by atoms with Crippen LogP contribution in [0.15, 0.2) is 12.1 Å². The first-order valence-corrected chi connectivity index (χ1v) is 5.68. The third kappa shape index (κ3) is 3.00. The average molecular weight is 252 g/mol. The van der Waals surface area contributed by atoms with E-state index in [1.807, 2.05) is 6.92 Å². The highest BCUT2D eigenvalue weighted by molar-refractivity contribution is 5.97. The van der Waals surface area contributed by atoms with Crippen LogP contribution in [0.25, 0.3) is 0 Å². The van der Waals surface area contributed by atoms with Gasteiger partial charge in [-0.2, -0.15) is 0 Å². The van der Waals surface area contributed by atoms with Gasteiger partial charge in [-0.15, -0.1) is 0 Å². The van der Waals surface area contributed by atoms with Gasteiger partial charge in [-0.25, -0.2) is 9.59 Å². The van der Waals surface area contributed by atoms with Crippen LogP contribution in [0.5, 0.6) is 5.75 Å². The predicted molar refractivity (Wildman–Crippen MR) is 65.0 cm³/mol. The molecule has 2 N–H and O–H groups in total. The molecular weight excluding hydrogens is 236 g/mol. The fourth-order valence-electron chi connectivity index (χ4n) is 1.65. The molecule has 0 aliphatic rings. The van der Waals surface area contributed by atoms with E-state index in [2.05, 4.69) is 4.74 Å². The van der Waals surface area contributed by atoms with E-state index >= 15 is 0 Å². The summed E-state index contributed by atoms with van der Waals surface area (Å²) in [5, 5.41) is 18.8. The van der Waals surface area contributed by atoms with E-state index in [1.54, 1.807) is 0 Å². The number of unbranched alkanes of at least 4 members (excludes halogenated alkanes) is 1. The van der Waals surface area contributed by atoms with Gasteiger partial charge in [-0.1, -0.05) is 13.3 Å². The number of benzene rings is 1. The molecule has 0 radical (unpaired) electrons. The Kier molecular flexibility index (Phi) is 4.71. The molecule has 0 saturated carbocycles. The van der Waals surface area contributed by atoms with E-state index in [1.165, 1.54) is 13.2 Å².